The monoisotopic (exact) mass is 219 g/mol. The average molecular weight is 219 g/mol. The molecule has 0 aromatic heterocycles. The van der Waals surface area contributed by atoms with Crippen LogP contribution in [0.15, 0.2) is 18.2 Å². The van der Waals surface area contributed by atoms with E-state index in [-0.39, 0.29) is 18.3 Å². The maximum atomic E-state index is 11.1. The summed E-state index contributed by atoms with van der Waals surface area (Å²) < 4.78 is 5.30. The minimum atomic E-state index is -0.00831. The molecule has 1 amide bonds. The number of Topliss-reactive ketones (excluding diaryl/α,β-unsaturated/α-hetero) is 1. The Hall–Kier alpha value is -1.84. The number of aryl methyl sites for hydroxylation is 1. The Labute approximate surface area is 93.6 Å². The predicted molar refractivity (Wildman–Crippen MR) is 59.6 cm³/mol. The number of ether oxygens (including phenoxy) is 1. The molecule has 16 heavy (non-hydrogen) atoms. The molecule has 1 aliphatic rings. The van der Waals surface area contributed by atoms with Gasteiger partial charge in [0.25, 0.3) is 0 Å². The van der Waals surface area contributed by atoms with Crippen molar-refractivity contribution < 1.29 is 14.3 Å². The zero-order valence-electron chi connectivity index (χ0n) is 9.08. The minimum Gasteiger partial charge on any atom is -0.486 e. The highest BCUT2D eigenvalue weighted by molar-refractivity contribution is 5.94. The Balaban J connectivity index is 2.13. The van der Waals surface area contributed by atoms with Crippen molar-refractivity contribution in [2.45, 2.75) is 19.8 Å². The van der Waals surface area contributed by atoms with E-state index in [0.29, 0.717) is 12.2 Å². The van der Waals surface area contributed by atoms with Gasteiger partial charge in [-0.15, -0.1) is 0 Å². The fourth-order valence-electron chi connectivity index (χ4n) is 1.63. The second kappa shape index (κ2) is 4.35. The summed E-state index contributed by atoms with van der Waals surface area (Å²) in [6.45, 7) is 1.57. The Morgan fingerprint density at radius 1 is 1.44 bits per heavy atom. The molecule has 0 bridgehead atoms. The van der Waals surface area contributed by atoms with Crippen molar-refractivity contribution in [1.82, 2.24) is 0 Å². The molecule has 4 heteroatoms. The molecule has 0 radical (unpaired) electrons. The lowest BCUT2D eigenvalue weighted by Crippen LogP contribution is -2.19. The van der Waals surface area contributed by atoms with Crippen LogP contribution in [0.5, 0.6) is 5.75 Å². The highest BCUT2D eigenvalue weighted by Crippen LogP contribution is 2.26. The molecule has 1 aromatic rings. The van der Waals surface area contributed by atoms with E-state index in [4.69, 9.17) is 4.74 Å². The molecule has 4 nitrogen and oxygen atoms in total. The third kappa shape index (κ3) is 2.39. The number of hydrogen-bond donors (Lipinski definition) is 1. The third-order valence-corrected chi connectivity index (χ3v) is 2.41. The van der Waals surface area contributed by atoms with E-state index in [1.807, 2.05) is 12.1 Å². The van der Waals surface area contributed by atoms with Crippen LogP contribution in [0.25, 0.3) is 0 Å². The number of nitrogens with one attached hydrogen (secondary N) is 1. The van der Waals surface area contributed by atoms with Crippen LogP contribution >= 0.6 is 0 Å². The van der Waals surface area contributed by atoms with Crippen LogP contribution in [0.1, 0.15) is 18.9 Å². The van der Waals surface area contributed by atoms with Crippen LogP contribution in [0.4, 0.5) is 5.69 Å². The van der Waals surface area contributed by atoms with E-state index in [9.17, 15) is 9.59 Å². The summed E-state index contributed by atoms with van der Waals surface area (Å²) in [5, 5.41) is 2.79. The summed E-state index contributed by atoms with van der Waals surface area (Å²) in [4.78, 5) is 21.9. The van der Waals surface area contributed by atoms with Crippen molar-refractivity contribution >= 4 is 17.4 Å². The zero-order chi connectivity index (χ0) is 11.5. The quantitative estimate of drug-likeness (QED) is 0.838. The molecule has 84 valence electrons. The standard InChI is InChI=1S/C12H13NO3/c1-8(14)7-16-10-3-4-11-9(6-10)2-5-12(15)13-11/h3-4,6H,2,5,7H2,1H3,(H,13,15). The first-order valence-corrected chi connectivity index (χ1v) is 5.20. The predicted octanol–water partition coefficient (Wildman–Crippen LogP) is 1.54. The number of rotatable bonds is 3. The summed E-state index contributed by atoms with van der Waals surface area (Å²) in [5.41, 5.74) is 1.90. The number of carbonyl (C=O) groups excluding carboxylic acids is 2. The molecular weight excluding hydrogens is 206 g/mol. The summed E-state index contributed by atoms with van der Waals surface area (Å²) in [6, 6.07) is 5.44. The second-order valence-electron chi connectivity index (χ2n) is 3.86. The minimum absolute atomic E-state index is 0.00831. The summed E-state index contributed by atoms with van der Waals surface area (Å²) in [6.07, 6.45) is 1.22. The third-order valence-electron chi connectivity index (χ3n) is 2.41. The topological polar surface area (TPSA) is 55.4 Å². The molecule has 0 atom stereocenters. The van der Waals surface area contributed by atoms with Gasteiger partial charge in [-0.1, -0.05) is 0 Å². The lowest BCUT2D eigenvalue weighted by atomic mass is 10.0. The van der Waals surface area contributed by atoms with Crippen LogP contribution in [0.2, 0.25) is 0 Å². The van der Waals surface area contributed by atoms with Crippen molar-refractivity contribution in [3.8, 4) is 5.75 Å². The van der Waals surface area contributed by atoms with Crippen molar-refractivity contribution in [1.29, 1.82) is 0 Å². The summed E-state index contributed by atoms with van der Waals surface area (Å²) in [5.74, 6) is 0.709. The highest BCUT2D eigenvalue weighted by Gasteiger charge is 2.14. The van der Waals surface area contributed by atoms with Gasteiger partial charge in [-0.2, -0.15) is 0 Å². The second-order valence-corrected chi connectivity index (χ2v) is 3.86. The Bertz CT molecular complexity index is 440. The fourth-order valence-corrected chi connectivity index (χ4v) is 1.63. The molecular formula is C12H13NO3. The van der Waals surface area contributed by atoms with E-state index in [1.165, 1.54) is 6.92 Å². The number of benzene rings is 1. The largest absolute Gasteiger partial charge is 0.486 e. The van der Waals surface area contributed by atoms with Crippen molar-refractivity contribution in [3.05, 3.63) is 23.8 Å². The molecule has 0 aliphatic carbocycles. The molecule has 1 aromatic carbocycles. The van der Waals surface area contributed by atoms with Gasteiger partial charge >= 0.3 is 0 Å². The van der Waals surface area contributed by atoms with Crippen molar-refractivity contribution in [2.75, 3.05) is 11.9 Å². The SMILES string of the molecule is CC(=O)COc1ccc2c(c1)CCC(=O)N2. The first-order chi connectivity index (χ1) is 7.65. The van der Waals surface area contributed by atoms with Gasteiger partial charge in [0, 0.05) is 12.1 Å². The van der Waals surface area contributed by atoms with E-state index < -0.39 is 0 Å². The Kier molecular flexibility index (Phi) is 2.90. The van der Waals surface area contributed by atoms with Crippen LogP contribution in [-0.4, -0.2) is 18.3 Å². The molecule has 0 saturated carbocycles. The molecule has 1 N–H and O–H groups in total. The first-order valence-electron chi connectivity index (χ1n) is 5.20. The van der Waals surface area contributed by atoms with Gasteiger partial charge in [0.1, 0.15) is 12.4 Å². The van der Waals surface area contributed by atoms with Gasteiger partial charge < -0.3 is 10.1 Å². The van der Waals surface area contributed by atoms with E-state index in [2.05, 4.69) is 5.32 Å². The molecule has 0 unspecified atom stereocenters. The average Bonchev–Trinajstić information content (AvgIpc) is 2.26. The number of amides is 1. The first kappa shape index (κ1) is 10.7. The van der Waals surface area contributed by atoms with Gasteiger partial charge in [0.2, 0.25) is 5.91 Å². The number of hydrogen-bond acceptors (Lipinski definition) is 3. The number of fused-ring (bicyclic) bond motifs is 1. The number of ketones is 1. The van der Waals surface area contributed by atoms with Gasteiger partial charge in [0.05, 0.1) is 0 Å². The van der Waals surface area contributed by atoms with Crippen LogP contribution < -0.4 is 10.1 Å². The normalized spacial score (nSPS) is 13.9. The molecule has 0 saturated heterocycles. The zero-order valence-corrected chi connectivity index (χ0v) is 9.08. The maximum Gasteiger partial charge on any atom is 0.224 e. The number of anilines is 1. The molecule has 1 aliphatic heterocycles. The van der Waals surface area contributed by atoms with Gasteiger partial charge in [-0.05, 0) is 37.1 Å². The van der Waals surface area contributed by atoms with E-state index in [1.54, 1.807) is 6.07 Å². The van der Waals surface area contributed by atoms with Crippen LogP contribution in [0.3, 0.4) is 0 Å². The van der Waals surface area contributed by atoms with Gasteiger partial charge in [0.15, 0.2) is 5.78 Å². The number of carbonyl (C=O) groups is 2. The van der Waals surface area contributed by atoms with Gasteiger partial charge in [-0.25, -0.2) is 0 Å². The van der Waals surface area contributed by atoms with Crippen molar-refractivity contribution in [2.24, 2.45) is 0 Å². The van der Waals surface area contributed by atoms with E-state index in [0.717, 1.165) is 17.7 Å². The molecule has 2 rings (SSSR count). The van der Waals surface area contributed by atoms with Crippen LogP contribution in [-0.2, 0) is 16.0 Å². The maximum absolute atomic E-state index is 11.1. The van der Waals surface area contributed by atoms with Gasteiger partial charge in [-0.3, -0.25) is 9.59 Å². The van der Waals surface area contributed by atoms with E-state index >= 15 is 0 Å². The summed E-state index contributed by atoms with van der Waals surface area (Å²) >= 11 is 0. The highest BCUT2D eigenvalue weighted by atomic mass is 16.5. The Morgan fingerprint density at radius 3 is 3.00 bits per heavy atom. The molecule has 0 fully saturated rings. The lowest BCUT2D eigenvalue weighted by molar-refractivity contribution is -0.119. The lowest BCUT2D eigenvalue weighted by Gasteiger charge is -2.17. The van der Waals surface area contributed by atoms with Crippen molar-refractivity contribution in [3.63, 3.8) is 0 Å². The molecule has 1 heterocycles. The van der Waals surface area contributed by atoms with Crippen LogP contribution in [0, 0.1) is 0 Å². The Morgan fingerprint density at radius 2 is 2.25 bits per heavy atom. The smallest absolute Gasteiger partial charge is 0.224 e. The summed E-state index contributed by atoms with van der Waals surface area (Å²) in [7, 11) is 0. The fraction of sp³-hybridized carbons (Fsp3) is 0.333. The molecule has 0 spiro atoms.